The molecular weight excluding hydrogens is 440 g/mol. The molecule has 1 aliphatic carbocycles. The van der Waals surface area contributed by atoms with Gasteiger partial charge in [-0.05, 0) is 53.8 Å². The van der Waals surface area contributed by atoms with Gasteiger partial charge in [0.25, 0.3) is 5.91 Å². The third kappa shape index (κ3) is 3.58. The van der Waals surface area contributed by atoms with Crippen LogP contribution in [0.3, 0.4) is 0 Å². The molecule has 0 N–H and O–H groups in total. The molecule has 1 fully saturated rings. The lowest BCUT2D eigenvalue weighted by Gasteiger charge is -2.18. The van der Waals surface area contributed by atoms with Crippen molar-refractivity contribution in [3.63, 3.8) is 0 Å². The van der Waals surface area contributed by atoms with E-state index in [4.69, 9.17) is 11.6 Å². The first-order chi connectivity index (χ1) is 17.1. The van der Waals surface area contributed by atoms with E-state index in [1.165, 1.54) is 0 Å². The summed E-state index contributed by atoms with van der Waals surface area (Å²) >= 11 is 0. The second kappa shape index (κ2) is 7.99. The van der Waals surface area contributed by atoms with E-state index >= 15 is 0 Å². The van der Waals surface area contributed by atoms with E-state index in [1.807, 2.05) is 35.9 Å². The van der Waals surface area contributed by atoms with E-state index in [0.29, 0.717) is 40.9 Å². The van der Waals surface area contributed by atoms with Gasteiger partial charge >= 0.3 is 0 Å². The van der Waals surface area contributed by atoms with Crippen LogP contribution in [-0.4, -0.2) is 31.9 Å². The molecule has 0 spiro atoms. The van der Waals surface area contributed by atoms with Crippen LogP contribution in [0.1, 0.15) is 50.7 Å². The SMILES string of the molecule is [C-]#[N+]c1ccc(-c2cc(C3CC3)nc(N3Cc4ccc(C=O)cc4C3=O)c2)c(-c2nncn2C)c1. The van der Waals surface area contributed by atoms with Crippen LogP contribution >= 0.6 is 0 Å². The van der Waals surface area contributed by atoms with Crippen molar-refractivity contribution in [1.82, 2.24) is 19.7 Å². The van der Waals surface area contributed by atoms with Crippen LogP contribution in [0, 0.1) is 6.57 Å². The molecule has 1 amide bonds. The molecule has 35 heavy (non-hydrogen) atoms. The summed E-state index contributed by atoms with van der Waals surface area (Å²) < 4.78 is 1.82. The molecule has 2 aromatic heterocycles. The number of carbonyl (C=O) groups excluding carboxylic acids is 2. The molecule has 0 saturated heterocycles. The summed E-state index contributed by atoms with van der Waals surface area (Å²) in [5.41, 5.74) is 5.96. The van der Waals surface area contributed by atoms with Crippen molar-refractivity contribution in [3.8, 4) is 22.5 Å². The molecule has 1 saturated carbocycles. The van der Waals surface area contributed by atoms with Gasteiger partial charge in [0.15, 0.2) is 11.5 Å². The second-order valence-corrected chi connectivity index (χ2v) is 8.95. The zero-order valence-electron chi connectivity index (χ0n) is 19.0. The van der Waals surface area contributed by atoms with Crippen molar-refractivity contribution in [2.45, 2.75) is 25.3 Å². The van der Waals surface area contributed by atoms with Crippen molar-refractivity contribution in [2.75, 3.05) is 4.90 Å². The van der Waals surface area contributed by atoms with Gasteiger partial charge in [-0.15, -0.1) is 10.2 Å². The van der Waals surface area contributed by atoms with E-state index in [9.17, 15) is 9.59 Å². The van der Waals surface area contributed by atoms with Gasteiger partial charge in [0.2, 0.25) is 0 Å². The van der Waals surface area contributed by atoms with E-state index in [2.05, 4.69) is 21.1 Å². The average molecular weight is 460 g/mol. The van der Waals surface area contributed by atoms with Crippen LogP contribution in [-0.2, 0) is 13.6 Å². The van der Waals surface area contributed by atoms with Crippen molar-refractivity contribution < 1.29 is 9.59 Å². The fourth-order valence-electron chi connectivity index (χ4n) is 4.56. The third-order valence-corrected chi connectivity index (χ3v) is 6.57. The third-order valence-electron chi connectivity index (χ3n) is 6.57. The summed E-state index contributed by atoms with van der Waals surface area (Å²) in [6.45, 7) is 7.87. The molecule has 0 atom stereocenters. The monoisotopic (exact) mass is 460 g/mol. The number of amides is 1. The summed E-state index contributed by atoms with van der Waals surface area (Å²) in [7, 11) is 1.87. The number of anilines is 1. The van der Waals surface area contributed by atoms with E-state index in [-0.39, 0.29) is 5.91 Å². The van der Waals surface area contributed by atoms with Crippen LogP contribution in [0.15, 0.2) is 54.9 Å². The molecule has 8 nitrogen and oxygen atoms in total. The van der Waals surface area contributed by atoms with Gasteiger partial charge in [-0.3, -0.25) is 14.5 Å². The van der Waals surface area contributed by atoms with Gasteiger partial charge in [-0.25, -0.2) is 9.83 Å². The van der Waals surface area contributed by atoms with Crippen LogP contribution < -0.4 is 4.90 Å². The number of pyridine rings is 1. The fourth-order valence-corrected chi connectivity index (χ4v) is 4.56. The number of aryl methyl sites for hydroxylation is 1. The summed E-state index contributed by atoms with van der Waals surface area (Å²) in [6, 6.07) is 14.7. The Kier molecular flexibility index (Phi) is 4.78. The number of fused-ring (bicyclic) bond motifs is 1. The first kappa shape index (κ1) is 20.9. The largest absolute Gasteiger partial charge is 0.317 e. The minimum absolute atomic E-state index is 0.160. The number of hydrogen-bond acceptors (Lipinski definition) is 5. The second-order valence-electron chi connectivity index (χ2n) is 8.95. The Hall–Kier alpha value is -4.64. The Morgan fingerprint density at radius 3 is 2.63 bits per heavy atom. The number of benzene rings is 2. The Morgan fingerprint density at radius 2 is 1.91 bits per heavy atom. The van der Waals surface area contributed by atoms with Gasteiger partial charge in [0.1, 0.15) is 18.4 Å². The average Bonchev–Trinajstić information content (AvgIpc) is 3.58. The Labute approximate surface area is 201 Å². The molecule has 0 radical (unpaired) electrons. The van der Waals surface area contributed by atoms with Crippen molar-refractivity contribution >= 4 is 23.7 Å². The lowest BCUT2D eigenvalue weighted by atomic mass is 9.97. The first-order valence-electron chi connectivity index (χ1n) is 11.3. The lowest BCUT2D eigenvalue weighted by Crippen LogP contribution is -2.24. The van der Waals surface area contributed by atoms with Gasteiger partial charge in [0, 0.05) is 35.3 Å². The summed E-state index contributed by atoms with van der Waals surface area (Å²) in [4.78, 5) is 34.7. The predicted molar refractivity (Wildman–Crippen MR) is 130 cm³/mol. The highest BCUT2D eigenvalue weighted by Gasteiger charge is 2.32. The highest BCUT2D eigenvalue weighted by atomic mass is 16.2. The summed E-state index contributed by atoms with van der Waals surface area (Å²) in [6.07, 6.45) is 4.52. The van der Waals surface area contributed by atoms with Crippen LogP contribution in [0.2, 0.25) is 0 Å². The molecule has 2 aromatic carbocycles. The molecule has 0 bridgehead atoms. The molecule has 2 aliphatic rings. The maximum absolute atomic E-state index is 13.3. The van der Waals surface area contributed by atoms with Crippen molar-refractivity contribution in [3.05, 3.63) is 88.7 Å². The quantitative estimate of drug-likeness (QED) is 0.311. The first-order valence-corrected chi connectivity index (χ1v) is 11.3. The molecule has 1 aliphatic heterocycles. The van der Waals surface area contributed by atoms with Crippen molar-refractivity contribution in [2.24, 2.45) is 7.05 Å². The number of rotatable bonds is 5. The van der Waals surface area contributed by atoms with E-state index in [1.54, 1.807) is 29.4 Å². The van der Waals surface area contributed by atoms with Crippen LogP contribution in [0.5, 0.6) is 0 Å². The van der Waals surface area contributed by atoms with Gasteiger partial charge in [-0.2, -0.15) is 0 Å². The standard InChI is InChI=1S/C27H20N6O2/c1-28-20-7-8-21(23(12-20)26-31-29-15-32(26)2)19-10-24(17-5-6-17)30-25(11-19)33-13-18-4-3-16(14-34)9-22(18)27(33)35/h3-4,7-12,14-15,17H,5-6,13H2,2H3. The smallest absolute Gasteiger partial charge is 0.260 e. The van der Waals surface area contributed by atoms with Gasteiger partial charge in [-0.1, -0.05) is 24.3 Å². The van der Waals surface area contributed by atoms with E-state index in [0.717, 1.165) is 47.1 Å². The Bertz CT molecular complexity index is 1560. The molecule has 6 rings (SSSR count). The Morgan fingerprint density at radius 1 is 1.06 bits per heavy atom. The number of hydrogen-bond donors (Lipinski definition) is 0. The summed E-state index contributed by atoms with van der Waals surface area (Å²) in [5.74, 6) is 1.45. The maximum atomic E-state index is 13.3. The molecule has 0 unspecified atom stereocenters. The molecule has 8 heteroatoms. The maximum Gasteiger partial charge on any atom is 0.260 e. The predicted octanol–water partition coefficient (Wildman–Crippen LogP) is 4.95. The van der Waals surface area contributed by atoms with Crippen LogP contribution in [0.4, 0.5) is 11.5 Å². The van der Waals surface area contributed by atoms with Crippen LogP contribution in [0.25, 0.3) is 27.4 Å². The number of aldehydes is 1. The Balaban J connectivity index is 1.49. The molecule has 4 aromatic rings. The topological polar surface area (TPSA) is 85.3 Å². The highest BCUT2D eigenvalue weighted by Crippen LogP contribution is 2.43. The molecular formula is C27H20N6O2. The minimum Gasteiger partial charge on any atom is -0.317 e. The minimum atomic E-state index is -0.160. The lowest BCUT2D eigenvalue weighted by molar-refractivity contribution is 0.0996. The van der Waals surface area contributed by atoms with Gasteiger partial charge in [0.05, 0.1) is 13.1 Å². The van der Waals surface area contributed by atoms with E-state index < -0.39 is 0 Å². The molecule has 170 valence electrons. The zero-order chi connectivity index (χ0) is 24.1. The van der Waals surface area contributed by atoms with Gasteiger partial charge < -0.3 is 4.57 Å². The summed E-state index contributed by atoms with van der Waals surface area (Å²) in [5, 5.41) is 8.29. The normalized spacial score (nSPS) is 14.6. The zero-order valence-corrected chi connectivity index (χ0v) is 19.0. The van der Waals surface area contributed by atoms with Crippen molar-refractivity contribution in [1.29, 1.82) is 0 Å². The number of aromatic nitrogens is 4. The number of carbonyl (C=O) groups is 2. The highest BCUT2D eigenvalue weighted by molar-refractivity contribution is 6.10. The fraction of sp³-hybridized carbons (Fsp3) is 0.185. The molecule has 3 heterocycles. The number of nitrogens with zero attached hydrogens (tertiary/aromatic N) is 6.